The summed E-state index contributed by atoms with van der Waals surface area (Å²) in [6.45, 7) is 0. The third-order valence-corrected chi connectivity index (χ3v) is 2.69. The van der Waals surface area contributed by atoms with Crippen LogP contribution in [-0.2, 0) is 6.42 Å². The van der Waals surface area contributed by atoms with Crippen LogP contribution in [0.5, 0.6) is 0 Å². The highest BCUT2D eigenvalue weighted by Crippen LogP contribution is 2.27. The molecule has 1 aliphatic heterocycles. The molecular formula is C9H8BrNO2S. The second-order valence-corrected chi connectivity index (χ2v) is 3.54. The molecule has 3 nitrogen and oxygen atoms in total. The second kappa shape index (κ2) is 4.61. The van der Waals surface area contributed by atoms with E-state index in [1.165, 1.54) is 11.9 Å². The Bertz CT molecular complexity index is 392. The minimum atomic E-state index is -0.879. The van der Waals surface area contributed by atoms with Gasteiger partial charge in [0.05, 0.1) is 5.56 Å². The van der Waals surface area contributed by atoms with Crippen LogP contribution in [0.4, 0.5) is 0 Å². The summed E-state index contributed by atoms with van der Waals surface area (Å²) in [5, 5.41) is 8.75. The Balaban J connectivity index is 0.000000980. The lowest BCUT2D eigenvalue weighted by Crippen LogP contribution is -2.00. The van der Waals surface area contributed by atoms with E-state index in [0.717, 1.165) is 16.9 Å². The molecular weight excluding hydrogens is 266 g/mol. The van der Waals surface area contributed by atoms with Gasteiger partial charge in [-0.3, -0.25) is 0 Å². The zero-order chi connectivity index (χ0) is 9.26. The van der Waals surface area contributed by atoms with Crippen molar-refractivity contribution in [2.45, 2.75) is 11.3 Å². The van der Waals surface area contributed by atoms with E-state index >= 15 is 0 Å². The maximum Gasteiger partial charge on any atom is 0.335 e. The van der Waals surface area contributed by atoms with E-state index in [9.17, 15) is 4.79 Å². The molecule has 0 saturated carbocycles. The molecule has 14 heavy (non-hydrogen) atoms. The van der Waals surface area contributed by atoms with E-state index in [2.05, 4.69) is 4.40 Å². The fourth-order valence-electron chi connectivity index (χ4n) is 1.19. The average Bonchev–Trinajstić information content (AvgIpc) is 2.17. The number of carboxylic acid groups (broad SMARTS) is 1. The molecule has 1 aliphatic rings. The van der Waals surface area contributed by atoms with E-state index in [1.807, 2.05) is 0 Å². The van der Waals surface area contributed by atoms with Crippen LogP contribution in [0.1, 0.15) is 15.9 Å². The van der Waals surface area contributed by atoms with E-state index in [1.54, 1.807) is 24.4 Å². The minimum Gasteiger partial charge on any atom is -0.478 e. The fourth-order valence-corrected chi connectivity index (χ4v) is 1.84. The van der Waals surface area contributed by atoms with Crippen LogP contribution < -0.4 is 0 Å². The number of carbonyl (C=O) groups is 1. The number of rotatable bonds is 1. The molecule has 0 aliphatic carbocycles. The van der Waals surface area contributed by atoms with Gasteiger partial charge in [0.25, 0.3) is 0 Å². The van der Waals surface area contributed by atoms with Crippen LogP contribution in [0.3, 0.4) is 0 Å². The second-order valence-electron chi connectivity index (χ2n) is 2.71. The van der Waals surface area contributed by atoms with E-state index < -0.39 is 5.97 Å². The molecule has 1 aromatic carbocycles. The summed E-state index contributed by atoms with van der Waals surface area (Å²) in [6.07, 6.45) is 2.52. The first-order valence-electron chi connectivity index (χ1n) is 3.82. The molecule has 0 unspecified atom stereocenters. The van der Waals surface area contributed by atoms with Gasteiger partial charge in [0, 0.05) is 29.5 Å². The van der Waals surface area contributed by atoms with E-state index in [-0.39, 0.29) is 17.0 Å². The van der Waals surface area contributed by atoms with Crippen molar-refractivity contribution >= 4 is 41.1 Å². The summed E-state index contributed by atoms with van der Waals surface area (Å²) in [6, 6.07) is 5.12. The van der Waals surface area contributed by atoms with Gasteiger partial charge < -0.3 is 5.11 Å². The predicted octanol–water partition coefficient (Wildman–Crippen LogP) is 2.60. The molecule has 5 heteroatoms. The van der Waals surface area contributed by atoms with Gasteiger partial charge in [0.2, 0.25) is 0 Å². The van der Waals surface area contributed by atoms with Crippen molar-refractivity contribution in [1.29, 1.82) is 0 Å². The lowest BCUT2D eigenvalue weighted by molar-refractivity contribution is 0.0696. The zero-order valence-corrected chi connectivity index (χ0v) is 9.67. The number of carboxylic acids is 1. The Morgan fingerprint density at radius 1 is 1.50 bits per heavy atom. The molecule has 0 aromatic heterocycles. The average molecular weight is 274 g/mol. The van der Waals surface area contributed by atoms with Crippen molar-refractivity contribution in [3.63, 3.8) is 0 Å². The number of nitrogens with zero attached hydrogens (tertiary/aromatic N) is 1. The van der Waals surface area contributed by atoms with Crippen molar-refractivity contribution in [2.75, 3.05) is 0 Å². The summed E-state index contributed by atoms with van der Waals surface area (Å²) in [7, 11) is 0. The van der Waals surface area contributed by atoms with Crippen LogP contribution in [0.15, 0.2) is 27.5 Å². The maximum atomic E-state index is 10.6. The SMILES string of the molecule is Br.O=C(O)c1ccc2c(c1)CC=NS2. The number of halogens is 1. The van der Waals surface area contributed by atoms with Gasteiger partial charge in [-0.1, -0.05) is 0 Å². The Kier molecular flexibility index (Phi) is 3.71. The summed E-state index contributed by atoms with van der Waals surface area (Å²) >= 11 is 1.39. The van der Waals surface area contributed by atoms with Crippen molar-refractivity contribution in [3.05, 3.63) is 29.3 Å². The molecule has 2 rings (SSSR count). The Hall–Kier alpha value is -0.810. The molecule has 0 fully saturated rings. The molecule has 1 N–H and O–H groups in total. The molecule has 1 heterocycles. The van der Waals surface area contributed by atoms with Crippen molar-refractivity contribution in [3.8, 4) is 0 Å². The lowest BCUT2D eigenvalue weighted by Gasteiger charge is -2.08. The molecule has 74 valence electrons. The van der Waals surface area contributed by atoms with Gasteiger partial charge in [-0.25, -0.2) is 9.19 Å². The first kappa shape index (κ1) is 11.3. The van der Waals surface area contributed by atoms with Crippen LogP contribution in [-0.4, -0.2) is 17.3 Å². The fraction of sp³-hybridized carbons (Fsp3) is 0.111. The van der Waals surface area contributed by atoms with E-state index in [0.29, 0.717) is 5.56 Å². The van der Waals surface area contributed by atoms with Gasteiger partial charge in [-0.05, 0) is 23.8 Å². The largest absolute Gasteiger partial charge is 0.478 e. The first-order valence-corrected chi connectivity index (χ1v) is 4.60. The molecule has 0 amide bonds. The van der Waals surface area contributed by atoms with Gasteiger partial charge in [-0.15, -0.1) is 17.0 Å². The predicted molar refractivity (Wildman–Crippen MR) is 61.8 cm³/mol. The molecule has 0 spiro atoms. The first-order chi connectivity index (χ1) is 6.27. The third kappa shape index (κ3) is 2.16. The van der Waals surface area contributed by atoms with Crippen LogP contribution >= 0.6 is 28.9 Å². The lowest BCUT2D eigenvalue weighted by atomic mass is 10.1. The van der Waals surface area contributed by atoms with Gasteiger partial charge in [-0.2, -0.15) is 0 Å². The highest BCUT2D eigenvalue weighted by atomic mass is 79.9. The summed E-state index contributed by atoms with van der Waals surface area (Å²) in [5.41, 5.74) is 1.38. The number of benzene rings is 1. The van der Waals surface area contributed by atoms with Crippen LogP contribution in [0, 0.1) is 0 Å². The Morgan fingerprint density at radius 2 is 2.29 bits per heavy atom. The topological polar surface area (TPSA) is 49.7 Å². The van der Waals surface area contributed by atoms with Crippen LogP contribution in [0.2, 0.25) is 0 Å². The Morgan fingerprint density at radius 3 is 3.00 bits per heavy atom. The quantitative estimate of drug-likeness (QED) is 0.801. The van der Waals surface area contributed by atoms with Crippen LogP contribution in [0.25, 0.3) is 0 Å². The molecule has 0 radical (unpaired) electrons. The normalized spacial score (nSPS) is 12.9. The number of hydrogen-bond acceptors (Lipinski definition) is 3. The molecule has 0 atom stereocenters. The van der Waals surface area contributed by atoms with Gasteiger partial charge in [0.1, 0.15) is 0 Å². The molecule has 0 bridgehead atoms. The number of aromatic carboxylic acids is 1. The molecule has 0 saturated heterocycles. The summed E-state index contributed by atoms with van der Waals surface area (Å²) < 4.78 is 4.04. The maximum absolute atomic E-state index is 10.6. The van der Waals surface area contributed by atoms with E-state index in [4.69, 9.17) is 5.11 Å². The summed E-state index contributed by atoms with van der Waals surface area (Å²) in [4.78, 5) is 11.7. The standard InChI is InChI=1S/C9H7NO2S.BrH/c11-9(12)7-1-2-8-6(5-7)3-4-10-13-8;/h1-2,4-5H,3H2,(H,11,12);1H. The highest BCUT2D eigenvalue weighted by molar-refractivity contribution is 8.93. The van der Waals surface area contributed by atoms with Gasteiger partial charge in [0.15, 0.2) is 0 Å². The Labute approximate surface area is 96.1 Å². The van der Waals surface area contributed by atoms with Gasteiger partial charge >= 0.3 is 5.97 Å². The minimum absolute atomic E-state index is 0. The van der Waals surface area contributed by atoms with Crippen molar-refractivity contribution < 1.29 is 9.90 Å². The monoisotopic (exact) mass is 273 g/mol. The number of fused-ring (bicyclic) bond motifs is 1. The number of hydrogen-bond donors (Lipinski definition) is 1. The smallest absolute Gasteiger partial charge is 0.335 e. The highest BCUT2D eigenvalue weighted by Gasteiger charge is 2.10. The third-order valence-electron chi connectivity index (χ3n) is 1.84. The summed E-state index contributed by atoms with van der Waals surface area (Å²) in [5.74, 6) is -0.879. The van der Waals surface area contributed by atoms with Crippen molar-refractivity contribution in [1.82, 2.24) is 0 Å². The molecule has 1 aromatic rings. The van der Waals surface area contributed by atoms with Crippen molar-refractivity contribution in [2.24, 2.45) is 4.40 Å². The zero-order valence-electron chi connectivity index (χ0n) is 7.14.